The Bertz CT molecular complexity index is 2050. The molecule has 2 aromatic carbocycles. The average molecular weight is 1040 g/mol. The van der Waals surface area contributed by atoms with Gasteiger partial charge in [-0.25, -0.2) is 9.59 Å². The molecule has 0 saturated carbocycles. The van der Waals surface area contributed by atoms with Crippen LogP contribution in [-0.2, 0) is 28.8 Å². The number of hydrogen-bond acceptors (Lipinski definition) is 12. The van der Waals surface area contributed by atoms with Crippen molar-refractivity contribution in [3.05, 3.63) is 71.8 Å². The standard InChI is InChI=1S/2C26H44N4O3.C4H4O4/c2*1-8-19(24(33)28-16-25(3,4)5)13-22(31)20(27)14-29-15-23(32)30(17-26(29,6)7)21-12-10-9-11-18(21)2;5-3(6)1-2-4(7)8/h2*9-12,19-20,22,31H,8,13-17,27H2,1-7H3,(H,28,33);1-2H,(H,5,6)(H,7,8)/b;;2-1+/t2*19-,20+,22+;/m11./s1. The van der Waals surface area contributed by atoms with Crippen LogP contribution in [0, 0.1) is 36.5 Å². The van der Waals surface area contributed by atoms with Crippen LogP contribution in [0.3, 0.4) is 0 Å². The number of aliphatic hydroxyl groups excluding tert-OH is 2. The molecule has 2 aromatic rings. The van der Waals surface area contributed by atoms with Gasteiger partial charge in [-0.2, -0.15) is 0 Å². The molecule has 6 atom stereocenters. The van der Waals surface area contributed by atoms with Crippen molar-refractivity contribution in [1.82, 2.24) is 20.4 Å². The van der Waals surface area contributed by atoms with Crippen LogP contribution in [0.1, 0.15) is 120 Å². The molecule has 18 nitrogen and oxygen atoms in total. The molecule has 4 rings (SSSR count). The van der Waals surface area contributed by atoms with E-state index in [1.807, 2.05) is 86.0 Å². The number of amides is 4. The largest absolute Gasteiger partial charge is 0.478 e. The second kappa shape index (κ2) is 28.6. The Morgan fingerprint density at radius 1 is 0.622 bits per heavy atom. The van der Waals surface area contributed by atoms with Crippen LogP contribution in [0.2, 0.25) is 0 Å². The van der Waals surface area contributed by atoms with Gasteiger partial charge in [0.2, 0.25) is 23.6 Å². The Balaban J connectivity index is 0.000000441. The molecule has 416 valence electrons. The van der Waals surface area contributed by atoms with Crippen LogP contribution in [0.15, 0.2) is 60.7 Å². The number of benzene rings is 2. The minimum Gasteiger partial charge on any atom is -0.478 e. The first kappa shape index (κ1) is 64.9. The number of nitrogens with two attached hydrogens (primary N) is 2. The first-order valence-electron chi connectivity index (χ1n) is 25.9. The maximum Gasteiger partial charge on any atom is 0.328 e. The number of aryl methyl sites for hydroxylation is 2. The molecule has 0 aromatic heterocycles. The smallest absolute Gasteiger partial charge is 0.328 e. The number of carboxylic acids is 2. The molecular weight excluding hydrogens is 945 g/mol. The van der Waals surface area contributed by atoms with Gasteiger partial charge in [-0.15, -0.1) is 0 Å². The highest BCUT2D eigenvalue weighted by Gasteiger charge is 2.42. The summed E-state index contributed by atoms with van der Waals surface area (Å²) in [5, 5.41) is 43.2. The summed E-state index contributed by atoms with van der Waals surface area (Å²) in [5.74, 6) is -3.12. The summed E-state index contributed by atoms with van der Waals surface area (Å²) in [7, 11) is 0. The molecule has 0 bridgehead atoms. The molecule has 2 fully saturated rings. The van der Waals surface area contributed by atoms with Crippen molar-refractivity contribution in [2.45, 2.75) is 158 Å². The van der Waals surface area contributed by atoms with E-state index in [1.54, 1.807) is 0 Å². The molecule has 74 heavy (non-hydrogen) atoms. The Hall–Kier alpha value is -5.24. The van der Waals surface area contributed by atoms with E-state index in [0.29, 0.717) is 77.1 Å². The summed E-state index contributed by atoms with van der Waals surface area (Å²) in [5.41, 5.74) is 16.2. The van der Waals surface area contributed by atoms with Crippen molar-refractivity contribution in [2.75, 3.05) is 62.2 Å². The third-order valence-corrected chi connectivity index (χ3v) is 13.5. The van der Waals surface area contributed by atoms with E-state index in [4.69, 9.17) is 21.7 Å². The number of para-hydroxylation sites is 2. The summed E-state index contributed by atoms with van der Waals surface area (Å²) >= 11 is 0. The zero-order valence-electron chi connectivity index (χ0n) is 46.9. The van der Waals surface area contributed by atoms with Crippen LogP contribution in [-0.4, -0.2) is 154 Å². The van der Waals surface area contributed by atoms with Crippen molar-refractivity contribution in [2.24, 2.45) is 34.1 Å². The topological polar surface area (TPSA) is 272 Å². The van der Waals surface area contributed by atoms with E-state index >= 15 is 0 Å². The third kappa shape index (κ3) is 21.5. The fourth-order valence-electron chi connectivity index (χ4n) is 8.61. The molecule has 2 saturated heterocycles. The molecule has 0 aliphatic carbocycles. The molecular formula is C56H92N8O10. The van der Waals surface area contributed by atoms with Gasteiger partial charge in [-0.1, -0.05) is 91.8 Å². The van der Waals surface area contributed by atoms with Crippen LogP contribution < -0.4 is 31.9 Å². The van der Waals surface area contributed by atoms with Gasteiger partial charge in [0.25, 0.3) is 0 Å². The number of aliphatic hydroxyl groups is 2. The second-order valence-corrected chi connectivity index (χ2v) is 23.6. The van der Waals surface area contributed by atoms with Crippen molar-refractivity contribution in [3.8, 4) is 0 Å². The Kier molecular flexibility index (Phi) is 25.1. The van der Waals surface area contributed by atoms with Gasteiger partial charge in [0, 0.05) is 97.8 Å². The maximum atomic E-state index is 13.0. The number of nitrogens with one attached hydrogen (secondary N) is 2. The molecule has 2 aliphatic rings. The van der Waals surface area contributed by atoms with E-state index in [1.165, 1.54) is 0 Å². The summed E-state index contributed by atoms with van der Waals surface area (Å²) in [6, 6.07) is 14.7. The quantitative estimate of drug-likeness (QED) is 0.0804. The lowest BCUT2D eigenvalue weighted by Gasteiger charge is -2.48. The minimum absolute atomic E-state index is 0.00151. The van der Waals surface area contributed by atoms with Gasteiger partial charge >= 0.3 is 11.9 Å². The van der Waals surface area contributed by atoms with Crippen LogP contribution in [0.25, 0.3) is 0 Å². The number of nitrogens with zero attached hydrogens (tertiary/aromatic N) is 4. The van der Waals surface area contributed by atoms with Crippen molar-refractivity contribution >= 4 is 46.9 Å². The van der Waals surface area contributed by atoms with E-state index in [9.17, 15) is 39.0 Å². The number of rotatable bonds is 20. The summed E-state index contributed by atoms with van der Waals surface area (Å²) < 4.78 is 0. The first-order chi connectivity index (χ1) is 34.1. The number of anilines is 2. The molecule has 2 heterocycles. The zero-order chi connectivity index (χ0) is 56.5. The van der Waals surface area contributed by atoms with E-state index in [-0.39, 0.29) is 70.5 Å². The molecule has 2 aliphatic heterocycles. The SMILES string of the molecule is CC[C@H](C[C@H](O)[C@@H](N)CN1CC(=O)N(c2ccccc2C)CC1(C)C)C(=O)NCC(C)(C)C.CC[C@H](C[C@H](O)[C@@H](N)CN1CC(=O)N(c2ccccc2C)CC1(C)C)C(=O)NCC(C)(C)C.O=C(O)/C=C/C(=O)O. The highest BCUT2D eigenvalue weighted by Crippen LogP contribution is 2.31. The molecule has 0 radical (unpaired) electrons. The van der Waals surface area contributed by atoms with E-state index < -0.39 is 36.2 Å². The van der Waals surface area contributed by atoms with Crippen LogP contribution in [0.5, 0.6) is 0 Å². The predicted molar refractivity (Wildman–Crippen MR) is 292 cm³/mol. The number of carbonyl (C=O) groups is 6. The van der Waals surface area contributed by atoms with Crippen molar-refractivity contribution < 1.29 is 49.2 Å². The number of piperazine rings is 2. The number of carboxylic acid groups (broad SMARTS) is 2. The minimum atomic E-state index is -1.26. The van der Waals surface area contributed by atoms with Gasteiger partial charge in [-0.3, -0.25) is 29.0 Å². The number of carbonyl (C=O) groups excluding carboxylic acids is 4. The second-order valence-electron chi connectivity index (χ2n) is 23.6. The van der Waals surface area contributed by atoms with Crippen LogP contribution >= 0.6 is 0 Å². The predicted octanol–water partition coefficient (Wildman–Crippen LogP) is 5.09. The monoisotopic (exact) mass is 1040 g/mol. The average Bonchev–Trinajstić information content (AvgIpc) is 3.30. The summed E-state index contributed by atoms with van der Waals surface area (Å²) in [6.07, 6.45) is 1.37. The zero-order valence-corrected chi connectivity index (χ0v) is 46.9. The Morgan fingerprint density at radius 2 is 0.932 bits per heavy atom. The first-order valence-corrected chi connectivity index (χ1v) is 25.9. The highest BCUT2D eigenvalue weighted by molar-refractivity contribution is 5.97. The highest BCUT2D eigenvalue weighted by atomic mass is 16.4. The number of hydrogen-bond donors (Lipinski definition) is 8. The summed E-state index contributed by atoms with van der Waals surface area (Å²) in [4.78, 5) is 78.1. The van der Waals surface area contributed by atoms with Crippen LogP contribution in [0.4, 0.5) is 11.4 Å². The van der Waals surface area contributed by atoms with Gasteiger partial charge in [0.15, 0.2) is 0 Å². The third-order valence-electron chi connectivity index (χ3n) is 13.5. The lowest BCUT2D eigenvalue weighted by atomic mass is 9.91. The molecule has 4 amide bonds. The molecule has 10 N–H and O–H groups in total. The van der Waals surface area contributed by atoms with E-state index in [0.717, 1.165) is 22.5 Å². The molecule has 0 spiro atoms. The fourth-order valence-corrected chi connectivity index (χ4v) is 8.61. The van der Waals surface area contributed by atoms with Crippen molar-refractivity contribution in [1.29, 1.82) is 0 Å². The lowest BCUT2D eigenvalue weighted by Crippen LogP contribution is -2.64. The van der Waals surface area contributed by atoms with Gasteiger partial charge in [-0.05, 0) is 101 Å². The Morgan fingerprint density at radius 3 is 1.20 bits per heavy atom. The summed E-state index contributed by atoms with van der Waals surface area (Å²) in [6.45, 7) is 32.3. The molecule has 0 unspecified atom stereocenters. The molecule has 18 heteroatoms. The van der Waals surface area contributed by atoms with Gasteiger partial charge in [0.1, 0.15) is 0 Å². The van der Waals surface area contributed by atoms with Gasteiger partial charge < -0.3 is 52.3 Å². The van der Waals surface area contributed by atoms with Crippen molar-refractivity contribution in [3.63, 3.8) is 0 Å². The number of aliphatic carboxylic acids is 2. The Labute approximate surface area is 441 Å². The normalized spacial score (nSPS) is 18.7. The van der Waals surface area contributed by atoms with E-state index in [2.05, 4.69) is 89.7 Å². The maximum absolute atomic E-state index is 13.0. The lowest BCUT2D eigenvalue weighted by molar-refractivity contribution is -0.134. The fraction of sp³-hybridized carbons (Fsp3) is 0.643. The van der Waals surface area contributed by atoms with Gasteiger partial charge in [0.05, 0.1) is 25.3 Å².